The predicted molar refractivity (Wildman–Crippen MR) is 168 cm³/mol. The monoisotopic (exact) mass is 667 g/mol. The number of piperazine rings is 1. The van der Waals surface area contributed by atoms with Gasteiger partial charge in [-0.3, -0.25) is 9.59 Å². The molecule has 0 spiro atoms. The van der Waals surface area contributed by atoms with E-state index >= 15 is 0 Å². The molecule has 2 aliphatic rings. The maximum absolute atomic E-state index is 13.7. The van der Waals surface area contributed by atoms with Crippen molar-refractivity contribution in [3.05, 3.63) is 75.7 Å². The van der Waals surface area contributed by atoms with Crippen LogP contribution in [0, 0.1) is 13.8 Å². The van der Waals surface area contributed by atoms with Crippen LogP contribution in [-0.2, 0) is 11.3 Å². The second kappa shape index (κ2) is 11.9. The number of rotatable bonds is 6. The van der Waals surface area contributed by atoms with E-state index in [9.17, 15) is 9.59 Å². The van der Waals surface area contributed by atoms with Gasteiger partial charge in [0.05, 0.1) is 12.1 Å². The molecule has 6 rings (SSSR count). The van der Waals surface area contributed by atoms with Crippen LogP contribution in [0.2, 0.25) is 0 Å². The first-order chi connectivity index (χ1) is 19.9. The van der Waals surface area contributed by atoms with Gasteiger partial charge in [-0.1, -0.05) is 0 Å². The van der Waals surface area contributed by atoms with Gasteiger partial charge in [0.25, 0.3) is 11.5 Å². The van der Waals surface area contributed by atoms with Gasteiger partial charge in [-0.15, -0.1) is 0 Å². The van der Waals surface area contributed by atoms with Gasteiger partial charge in [0.1, 0.15) is 11.6 Å². The molecule has 11 heteroatoms. The normalized spacial score (nSPS) is 16.8. The molecule has 0 atom stereocenters. The van der Waals surface area contributed by atoms with Gasteiger partial charge in [-0.05, 0) is 62.6 Å². The third kappa shape index (κ3) is 5.88. The summed E-state index contributed by atoms with van der Waals surface area (Å²) in [6.07, 6.45) is 5.84. The molecule has 0 radical (unpaired) electrons. The fourth-order valence-corrected chi connectivity index (χ4v) is 6.21. The van der Waals surface area contributed by atoms with E-state index in [1.165, 1.54) is 0 Å². The summed E-state index contributed by atoms with van der Waals surface area (Å²) in [4.78, 5) is 40.4. The number of nitrogens with one attached hydrogen (secondary N) is 2. The number of hydrogen-bond donors (Lipinski definition) is 2. The molecule has 2 saturated heterocycles. The molecule has 2 fully saturated rings. The number of aromatic nitrogens is 4. The second-order valence-electron chi connectivity index (χ2n) is 10.7. The lowest BCUT2D eigenvalue weighted by molar-refractivity contribution is 0.0707. The highest BCUT2D eigenvalue weighted by molar-refractivity contribution is 14.1. The zero-order chi connectivity index (χ0) is 28.5. The molecular weight excluding hydrogens is 633 g/mol. The zero-order valence-corrected chi connectivity index (χ0v) is 25.5. The second-order valence-corrected chi connectivity index (χ2v) is 12.1. The number of pyridine rings is 1. The summed E-state index contributed by atoms with van der Waals surface area (Å²) in [5.41, 5.74) is 4.30. The van der Waals surface area contributed by atoms with Crippen LogP contribution in [-0.4, -0.2) is 67.9 Å². The fraction of sp³-hybridized carbons (Fsp3) is 0.400. The summed E-state index contributed by atoms with van der Waals surface area (Å²) < 4.78 is 10.2. The quantitative estimate of drug-likeness (QED) is 0.235. The summed E-state index contributed by atoms with van der Waals surface area (Å²) >= 11 is 2.37. The SMILES string of the molecule is Cc1nc(C)c(CNC(=O)c2cc(-c3ccc(N4CCN(I)CC4)nc3)cc3c2ccn3C2CCOCC2)c(=O)[nH]1. The number of aromatic amines is 1. The minimum absolute atomic E-state index is 0.0976. The van der Waals surface area contributed by atoms with E-state index in [2.05, 4.69) is 75.1 Å². The summed E-state index contributed by atoms with van der Waals surface area (Å²) in [7, 11) is 0. The summed E-state index contributed by atoms with van der Waals surface area (Å²) in [6.45, 7) is 8.99. The van der Waals surface area contributed by atoms with Gasteiger partial charge in [0, 0.05) is 108 Å². The van der Waals surface area contributed by atoms with Gasteiger partial charge in [-0.2, -0.15) is 0 Å². The Bertz CT molecular complexity index is 1620. The maximum Gasteiger partial charge on any atom is 0.256 e. The molecule has 4 aromatic rings. The fourth-order valence-electron chi connectivity index (χ4n) is 5.78. The van der Waals surface area contributed by atoms with Crippen LogP contribution in [0.5, 0.6) is 0 Å². The highest BCUT2D eigenvalue weighted by Gasteiger charge is 2.22. The molecule has 1 amide bonds. The van der Waals surface area contributed by atoms with Crippen molar-refractivity contribution in [3.63, 3.8) is 0 Å². The molecule has 0 saturated carbocycles. The third-order valence-electron chi connectivity index (χ3n) is 8.06. The average Bonchev–Trinajstić information content (AvgIpc) is 3.41. The van der Waals surface area contributed by atoms with Crippen LogP contribution >= 0.6 is 22.9 Å². The van der Waals surface area contributed by atoms with Gasteiger partial charge in [-0.25, -0.2) is 13.1 Å². The highest BCUT2D eigenvalue weighted by atomic mass is 127. The molecule has 3 aromatic heterocycles. The summed E-state index contributed by atoms with van der Waals surface area (Å²) in [5.74, 6) is 1.29. The zero-order valence-electron chi connectivity index (χ0n) is 23.3. The molecule has 10 nitrogen and oxygen atoms in total. The lowest BCUT2D eigenvalue weighted by Crippen LogP contribution is -2.42. The van der Waals surface area contributed by atoms with Crippen molar-refractivity contribution < 1.29 is 9.53 Å². The number of ether oxygens (including phenoxy) is 1. The van der Waals surface area contributed by atoms with Crippen LogP contribution in [0.15, 0.2) is 47.5 Å². The van der Waals surface area contributed by atoms with Gasteiger partial charge >= 0.3 is 0 Å². The van der Waals surface area contributed by atoms with Crippen molar-refractivity contribution in [2.45, 2.75) is 39.3 Å². The van der Waals surface area contributed by atoms with E-state index in [1.807, 2.05) is 18.3 Å². The van der Waals surface area contributed by atoms with Crippen molar-refractivity contribution in [1.29, 1.82) is 0 Å². The van der Waals surface area contributed by atoms with Crippen LogP contribution in [0.3, 0.4) is 0 Å². The Kier molecular flexibility index (Phi) is 8.09. The molecule has 0 bridgehead atoms. The standard InChI is InChI=1S/C30H34IN7O3/c1-19-26(30(40)35-20(2)34-19)18-33-29(39)25-15-22(16-27-24(25)5-8-38(27)23-6-13-41-14-7-23)21-3-4-28(32-17-21)36-9-11-37(31)12-10-36/h3-5,8,15-17,23H,6-7,9-14,18H2,1-2H3,(H,33,39)(H,34,35,40). The number of amides is 1. The number of halogens is 1. The van der Waals surface area contributed by atoms with Crippen LogP contribution in [0.4, 0.5) is 5.82 Å². The van der Waals surface area contributed by atoms with Crippen molar-refractivity contribution in [2.24, 2.45) is 0 Å². The Balaban J connectivity index is 1.34. The molecule has 2 N–H and O–H groups in total. The third-order valence-corrected chi connectivity index (χ3v) is 9.03. The number of hydrogen-bond acceptors (Lipinski definition) is 7. The predicted octanol–water partition coefficient (Wildman–Crippen LogP) is 4.16. The van der Waals surface area contributed by atoms with E-state index in [4.69, 9.17) is 9.72 Å². The Morgan fingerprint density at radius 3 is 2.59 bits per heavy atom. The lowest BCUT2D eigenvalue weighted by atomic mass is 10.00. The van der Waals surface area contributed by atoms with E-state index in [0.29, 0.717) is 28.7 Å². The number of carbonyl (C=O) groups excluding carboxylic acids is 1. The summed E-state index contributed by atoms with van der Waals surface area (Å²) in [5, 5.41) is 3.86. The number of carbonyl (C=O) groups is 1. The van der Waals surface area contributed by atoms with Gasteiger partial charge < -0.3 is 24.5 Å². The number of benzene rings is 1. The molecule has 0 unspecified atom stereocenters. The number of nitrogens with zero attached hydrogens (tertiary/aromatic N) is 5. The molecule has 1 aromatic carbocycles. The molecular formula is C30H34IN7O3. The highest BCUT2D eigenvalue weighted by Crippen LogP contribution is 2.33. The van der Waals surface area contributed by atoms with E-state index in [-0.39, 0.29) is 18.0 Å². The van der Waals surface area contributed by atoms with E-state index in [1.54, 1.807) is 13.8 Å². The number of H-pyrrole nitrogens is 1. The molecule has 2 aliphatic heterocycles. The minimum Gasteiger partial charge on any atom is -0.381 e. The smallest absolute Gasteiger partial charge is 0.256 e. The number of anilines is 1. The molecule has 41 heavy (non-hydrogen) atoms. The minimum atomic E-state index is -0.234. The van der Waals surface area contributed by atoms with Gasteiger partial charge in [0.15, 0.2) is 0 Å². The van der Waals surface area contributed by atoms with Crippen molar-refractivity contribution >= 4 is 45.5 Å². The Hall–Kier alpha value is -3.29. The van der Waals surface area contributed by atoms with Crippen LogP contribution < -0.4 is 15.8 Å². The van der Waals surface area contributed by atoms with E-state index < -0.39 is 0 Å². The number of fused-ring (bicyclic) bond motifs is 1. The van der Waals surface area contributed by atoms with Gasteiger partial charge in [0.2, 0.25) is 0 Å². The molecule has 0 aliphatic carbocycles. The molecule has 214 valence electrons. The summed E-state index contributed by atoms with van der Waals surface area (Å²) in [6, 6.07) is 10.6. The lowest BCUT2D eigenvalue weighted by Gasteiger charge is -2.32. The topological polar surface area (TPSA) is 108 Å². The van der Waals surface area contributed by atoms with Crippen LogP contribution in [0.25, 0.3) is 22.0 Å². The van der Waals surface area contributed by atoms with Crippen molar-refractivity contribution in [1.82, 2.24) is 27.9 Å². The average molecular weight is 668 g/mol. The van der Waals surface area contributed by atoms with Crippen molar-refractivity contribution in [2.75, 3.05) is 44.3 Å². The first kappa shape index (κ1) is 27.9. The largest absolute Gasteiger partial charge is 0.381 e. The van der Waals surface area contributed by atoms with Crippen molar-refractivity contribution in [3.8, 4) is 11.1 Å². The van der Waals surface area contributed by atoms with Crippen LogP contribution in [0.1, 0.15) is 46.3 Å². The molecule has 5 heterocycles. The number of aryl methyl sites for hydroxylation is 2. The Morgan fingerprint density at radius 1 is 1.10 bits per heavy atom. The first-order valence-corrected chi connectivity index (χ1v) is 15.0. The Labute approximate surface area is 252 Å². The first-order valence-electron chi connectivity index (χ1n) is 14.1. The maximum atomic E-state index is 13.7. The Morgan fingerprint density at radius 2 is 1.88 bits per heavy atom. The van der Waals surface area contributed by atoms with E-state index in [0.717, 1.165) is 80.1 Å².